The van der Waals surface area contributed by atoms with Crippen LogP contribution in [-0.4, -0.2) is 25.8 Å². The van der Waals surface area contributed by atoms with E-state index in [1.807, 2.05) is 18.2 Å². The summed E-state index contributed by atoms with van der Waals surface area (Å²) in [6.07, 6.45) is 3.14. The third-order valence-corrected chi connectivity index (χ3v) is 3.27. The Morgan fingerprint density at radius 3 is 2.74 bits per heavy atom. The van der Waals surface area contributed by atoms with Gasteiger partial charge in [-0.2, -0.15) is 0 Å². The molecule has 0 radical (unpaired) electrons. The van der Waals surface area contributed by atoms with Crippen molar-refractivity contribution >= 4 is 32.5 Å². The lowest BCUT2D eigenvalue weighted by Gasteiger charge is -2.01. The minimum atomic E-state index is -0.0504. The van der Waals surface area contributed by atoms with Crippen LogP contribution < -0.4 is 0 Å². The summed E-state index contributed by atoms with van der Waals surface area (Å²) < 4.78 is 0.877. The number of benzene rings is 1. The standard InChI is InChI=1S/C13H9BrN4O/c14-7-2-3-9-8(6-7)10(13(19)18-9)11(15)12-16-4-1-5-17-12/h1-6,15,18-19H. The summed E-state index contributed by atoms with van der Waals surface area (Å²) in [6, 6.07) is 7.23. The van der Waals surface area contributed by atoms with Crippen LogP contribution in [0, 0.1) is 5.41 Å². The zero-order valence-electron chi connectivity index (χ0n) is 9.68. The highest BCUT2D eigenvalue weighted by atomic mass is 79.9. The molecule has 0 saturated carbocycles. The molecule has 3 rings (SSSR count). The Labute approximate surface area is 117 Å². The van der Waals surface area contributed by atoms with Gasteiger partial charge in [0.15, 0.2) is 11.7 Å². The summed E-state index contributed by atoms with van der Waals surface area (Å²) in [5.41, 5.74) is 1.25. The number of fused-ring (bicyclic) bond motifs is 1. The first-order valence-corrected chi connectivity index (χ1v) is 6.32. The summed E-state index contributed by atoms with van der Waals surface area (Å²) >= 11 is 3.38. The molecule has 0 atom stereocenters. The molecule has 1 aromatic carbocycles. The van der Waals surface area contributed by atoms with Crippen LogP contribution in [0.5, 0.6) is 5.88 Å². The number of rotatable bonds is 2. The van der Waals surface area contributed by atoms with Gasteiger partial charge < -0.3 is 10.1 Å². The zero-order chi connectivity index (χ0) is 13.4. The Balaban J connectivity index is 2.22. The van der Waals surface area contributed by atoms with Crippen molar-refractivity contribution in [1.29, 1.82) is 5.41 Å². The first-order valence-electron chi connectivity index (χ1n) is 5.53. The van der Waals surface area contributed by atoms with E-state index in [1.165, 1.54) is 0 Å². The Kier molecular flexibility index (Phi) is 2.79. The lowest BCUT2D eigenvalue weighted by molar-refractivity contribution is 0.457. The Hall–Kier alpha value is -2.21. The van der Waals surface area contributed by atoms with Crippen LogP contribution in [0.3, 0.4) is 0 Å². The van der Waals surface area contributed by atoms with E-state index >= 15 is 0 Å². The molecule has 0 saturated heterocycles. The largest absolute Gasteiger partial charge is 0.494 e. The van der Waals surface area contributed by atoms with E-state index in [9.17, 15) is 5.11 Å². The van der Waals surface area contributed by atoms with Crippen LogP contribution in [0.2, 0.25) is 0 Å². The topological polar surface area (TPSA) is 85.7 Å². The van der Waals surface area contributed by atoms with Gasteiger partial charge in [-0.25, -0.2) is 9.97 Å². The number of hydrogen-bond donors (Lipinski definition) is 3. The van der Waals surface area contributed by atoms with Crippen molar-refractivity contribution in [3.63, 3.8) is 0 Å². The Morgan fingerprint density at radius 1 is 1.26 bits per heavy atom. The maximum absolute atomic E-state index is 9.99. The highest BCUT2D eigenvalue weighted by Crippen LogP contribution is 2.30. The number of nitrogens with one attached hydrogen (secondary N) is 2. The molecule has 94 valence electrons. The second kappa shape index (κ2) is 4.47. The van der Waals surface area contributed by atoms with Gasteiger partial charge in [0.1, 0.15) is 5.71 Å². The van der Waals surface area contributed by atoms with Crippen molar-refractivity contribution < 1.29 is 5.11 Å². The molecule has 2 heterocycles. The molecule has 0 spiro atoms. The quantitative estimate of drug-likeness (QED) is 0.635. The van der Waals surface area contributed by atoms with E-state index in [0.29, 0.717) is 5.56 Å². The minimum Gasteiger partial charge on any atom is -0.494 e. The highest BCUT2D eigenvalue weighted by Gasteiger charge is 2.18. The van der Waals surface area contributed by atoms with Gasteiger partial charge >= 0.3 is 0 Å². The summed E-state index contributed by atoms with van der Waals surface area (Å²) in [7, 11) is 0. The first kappa shape index (κ1) is 11.9. The van der Waals surface area contributed by atoms with Crippen molar-refractivity contribution in [2.45, 2.75) is 0 Å². The lowest BCUT2D eigenvalue weighted by atomic mass is 10.1. The summed E-state index contributed by atoms with van der Waals surface area (Å²) in [4.78, 5) is 10.9. The van der Waals surface area contributed by atoms with Crippen LogP contribution in [0.1, 0.15) is 11.4 Å². The number of H-pyrrole nitrogens is 1. The number of hydrogen-bond acceptors (Lipinski definition) is 4. The van der Waals surface area contributed by atoms with Gasteiger partial charge in [-0.3, -0.25) is 5.41 Å². The number of halogens is 1. The molecule has 2 aromatic heterocycles. The van der Waals surface area contributed by atoms with E-state index in [4.69, 9.17) is 5.41 Å². The maximum atomic E-state index is 9.99. The van der Waals surface area contributed by atoms with Crippen LogP contribution in [-0.2, 0) is 0 Å². The molecule has 0 aliphatic heterocycles. The predicted octanol–water partition coefficient (Wildman–Crippen LogP) is 2.84. The molecule has 0 unspecified atom stereocenters. The molecule has 5 nitrogen and oxygen atoms in total. The lowest BCUT2D eigenvalue weighted by Crippen LogP contribution is -2.06. The van der Waals surface area contributed by atoms with Gasteiger partial charge in [-0.15, -0.1) is 0 Å². The fraction of sp³-hybridized carbons (Fsp3) is 0. The average molecular weight is 317 g/mol. The molecule has 19 heavy (non-hydrogen) atoms. The van der Waals surface area contributed by atoms with E-state index < -0.39 is 0 Å². The number of aromatic nitrogens is 3. The van der Waals surface area contributed by atoms with Gasteiger partial charge in [-0.05, 0) is 24.3 Å². The maximum Gasteiger partial charge on any atom is 0.199 e. The zero-order valence-corrected chi connectivity index (χ0v) is 11.3. The SMILES string of the molecule is N=C(c1ncccn1)c1c(O)[nH]c2ccc(Br)cc12. The normalized spacial score (nSPS) is 10.8. The molecule has 0 bridgehead atoms. The fourth-order valence-corrected chi connectivity index (χ4v) is 2.30. The summed E-state index contributed by atoms with van der Waals surface area (Å²) in [5.74, 6) is 0.226. The van der Waals surface area contributed by atoms with Crippen molar-refractivity contribution in [1.82, 2.24) is 15.0 Å². The second-order valence-electron chi connectivity index (χ2n) is 3.99. The van der Waals surface area contributed by atoms with E-state index in [0.717, 1.165) is 15.4 Å². The molecule has 0 aliphatic rings. The van der Waals surface area contributed by atoms with Gasteiger partial charge in [0.05, 0.1) is 5.56 Å². The molecule has 0 aliphatic carbocycles. The monoisotopic (exact) mass is 316 g/mol. The summed E-state index contributed by atoms with van der Waals surface area (Å²) in [6.45, 7) is 0. The van der Waals surface area contributed by atoms with Crippen molar-refractivity contribution in [3.8, 4) is 5.88 Å². The van der Waals surface area contributed by atoms with Gasteiger partial charge in [0.2, 0.25) is 0 Å². The van der Waals surface area contributed by atoms with E-state index in [2.05, 4.69) is 30.9 Å². The molecular formula is C13H9BrN4O. The fourth-order valence-electron chi connectivity index (χ4n) is 1.94. The van der Waals surface area contributed by atoms with Crippen LogP contribution in [0.4, 0.5) is 0 Å². The van der Waals surface area contributed by atoms with E-state index in [-0.39, 0.29) is 17.4 Å². The first-order chi connectivity index (χ1) is 9.16. The summed E-state index contributed by atoms with van der Waals surface area (Å²) in [5, 5.41) is 18.9. The number of nitrogens with zero attached hydrogens (tertiary/aromatic N) is 2. The predicted molar refractivity (Wildman–Crippen MR) is 75.6 cm³/mol. The Bertz CT molecular complexity index is 767. The van der Waals surface area contributed by atoms with Gasteiger partial charge in [0, 0.05) is 27.8 Å². The Morgan fingerprint density at radius 2 is 2.00 bits per heavy atom. The molecule has 3 aromatic rings. The highest BCUT2D eigenvalue weighted by molar-refractivity contribution is 9.10. The van der Waals surface area contributed by atoms with Crippen LogP contribution in [0.25, 0.3) is 10.9 Å². The molecule has 3 N–H and O–H groups in total. The second-order valence-corrected chi connectivity index (χ2v) is 4.90. The van der Waals surface area contributed by atoms with Crippen molar-refractivity contribution in [2.24, 2.45) is 0 Å². The molecular weight excluding hydrogens is 308 g/mol. The van der Waals surface area contributed by atoms with Crippen LogP contribution >= 0.6 is 15.9 Å². The average Bonchev–Trinajstić information content (AvgIpc) is 2.74. The third-order valence-electron chi connectivity index (χ3n) is 2.78. The number of aromatic hydroxyl groups is 1. The van der Waals surface area contributed by atoms with Crippen molar-refractivity contribution in [3.05, 3.63) is 52.5 Å². The van der Waals surface area contributed by atoms with Crippen molar-refractivity contribution in [2.75, 3.05) is 0 Å². The molecule has 0 fully saturated rings. The molecule has 0 amide bonds. The van der Waals surface area contributed by atoms with Gasteiger partial charge in [-0.1, -0.05) is 15.9 Å². The van der Waals surface area contributed by atoms with Crippen LogP contribution in [0.15, 0.2) is 41.1 Å². The van der Waals surface area contributed by atoms with E-state index in [1.54, 1.807) is 18.5 Å². The van der Waals surface area contributed by atoms with Gasteiger partial charge in [0.25, 0.3) is 0 Å². The molecule has 6 heteroatoms. The number of aromatic amines is 1. The third kappa shape index (κ3) is 2.00. The smallest absolute Gasteiger partial charge is 0.199 e. The minimum absolute atomic E-state index is 0.0504.